The van der Waals surface area contributed by atoms with Gasteiger partial charge in [0.15, 0.2) is 17.5 Å². The molecule has 2 N–H and O–H groups in total. The number of carbonyl (C=O) groups is 1. The second-order valence-electron chi connectivity index (χ2n) is 7.37. The topological polar surface area (TPSA) is 84.4 Å². The van der Waals surface area contributed by atoms with E-state index >= 15 is 0 Å². The minimum absolute atomic E-state index is 0. The third-order valence-corrected chi connectivity index (χ3v) is 3.92. The van der Waals surface area contributed by atoms with E-state index in [0.717, 1.165) is 12.1 Å². The maximum atomic E-state index is 12.2. The quantitative estimate of drug-likeness (QED) is 0.285. The lowest BCUT2D eigenvalue weighted by Crippen LogP contribution is -2.44. The lowest BCUT2D eigenvalue weighted by atomic mass is 10.2. The van der Waals surface area contributed by atoms with Crippen molar-refractivity contribution in [3.63, 3.8) is 0 Å². The highest BCUT2D eigenvalue weighted by molar-refractivity contribution is 14.0. The number of aliphatic imine (C=N–C) groups is 1. The van der Waals surface area contributed by atoms with Gasteiger partial charge in [0, 0.05) is 26.2 Å². The smallest absolute Gasteiger partial charge is 0.410 e. The fourth-order valence-corrected chi connectivity index (χ4v) is 2.51. The maximum Gasteiger partial charge on any atom is 0.410 e. The van der Waals surface area contributed by atoms with Gasteiger partial charge in [-0.15, -0.1) is 24.0 Å². The number of benzene rings is 1. The van der Waals surface area contributed by atoms with E-state index in [2.05, 4.69) is 15.6 Å². The number of nitrogens with one attached hydrogen (secondary N) is 2. The summed E-state index contributed by atoms with van der Waals surface area (Å²) in [7, 11) is 3.22. The van der Waals surface area contributed by atoms with E-state index in [1.807, 2.05) is 52.8 Å². The number of likely N-dealkylation sites (N-methyl/N-ethyl adjacent to an activating group) is 1. The molecule has 0 heterocycles. The minimum atomic E-state index is -0.506. The highest BCUT2D eigenvalue weighted by atomic mass is 127. The molecule has 0 bridgehead atoms. The van der Waals surface area contributed by atoms with E-state index < -0.39 is 5.60 Å². The molecule has 1 amide bonds. The molecule has 8 nitrogen and oxygen atoms in total. The third kappa shape index (κ3) is 10.2. The summed E-state index contributed by atoms with van der Waals surface area (Å²) in [5.41, 5.74) is 0.497. The standard InChI is InChI=1S/C21H36N4O4.HI/c1-8-22-19(23-12-13-25(9-2)20(26)29-21(3,4)5)24-15-16-10-11-17(27-6)18(14-16)28-7;/h10-11,14H,8-9,12-13,15H2,1-7H3,(H2,22,23,24);1H. The van der Waals surface area contributed by atoms with Gasteiger partial charge in [-0.2, -0.15) is 0 Å². The number of hydrogen-bond acceptors (Lipinski definition) is 5. The Morgan fingerprint density at radius 3 is 2.30 bits per heavy atom. The number of ether oxygens (including phenoxy) is 3. The van der Waals surface area contributed by atoms with Crippen LogP contribution in [0.25, 0.3) is 0 Å². The molecular weight excluding hydrogens is 499 g/mol. The van der Waals surface area contributed by atoms with Crippen molar-refractivity contribution in [1.82, 2.24) is 15.5 Å². The van der Waals surface area contributed by atoms with E-state index in [0.29, 0.717) is 43.6 Å². The molecule has 1 aromatic carbocycles. The molecule has 0 saturated heterocycles. The molecule has 30 heavy (non-hydrogen) atoms. The predicted octanol–water partition coefficient (Wildman–Crippen LogP) is 3.63. The van der Waals surface area contributed by atoms with Crippen molar-refractivity contribution in [3.8, 4) is 11.5 Å². The highest BCUT2D eigenvalue weighted by Gasteiger charge is 2.20. The van der Waals surface area contributed by atoms with Gasteiger partial charge < -0.3 is 29.7 Å². The molecule has 0 fully saturated rings. The second-order valence-corrected chi connectivity index (χ2v) is 7.37. The summed E-state index contributed by atoms with van der Waals surface area (Å²) in [5.74, 6) is 2.05. The number of methoxy groups -OCH3 is 2. The number of rotatable bonds is 9. The van der Waals surface area contributed by atoms with Gasteiger partial charge in [0.05, 0.1) is 20.8 Å². The number of amides is 1. The highest BCUT2D eigenvalue weighted by Crippen LogP contribution is 2.27. The predicted molar refractivity (Wildman–Crippen MR) is 131 cm³/mol. The van der Waals surface area contributed by atoms with Gasteiger partial charge >= 0.3 is 6.09 Å². The van der Waals surface area contributed by atoms with Gasteiger partial charge in [-0.3, -0.25) is 0 Å². The molecular formula is C21H37IN4O4. The van der Waals surface area contributed by atoms with Gasteiger partial charge in [-0.05, 0) is 52.3 Å². The van der Waals surface area contributed by atoms with Gasteiger partial charge in [0.25, 0.3) is 0 Å². The third-order valence-electron chi connectivity index (χ3n) is 3.92. The average molecular weight is 536 g/mol. The Bertz CT molecular complexity index is 677. The lowest BCUT2D eigenvalue weighted by molar-refractivity contribution is 0.0264. The Kier molecular flexibility index (Phi) is 13.3. The van der Waals surface area contributed by atoms with Gasteiger partial charge in [0.2, 0.25) is 0 Å². The Labute approximate surface area is 197 Å². The molecule has 0 aromatic heterocycles. The Balaban J connectivity index is 0.00000841. The van der Waals surface area contributed by atoms with Crippen LogP contribution >= 0.6 is 24.0 Å². The second kappa shape index (κ2) is 14.2. The minimum Gasteiger partial charge on any atom is -0.493 e. The summed E-state index contributed by atoms with van der Waals surface area (Å²) in [6.45, 7) is 12.4. The number of carbonyl (C=O) groups excluding carboxylic acids is 1. The zero-order valence-corrected chi connectivity index (χ0v) is 21.5. The number of halogens is 1. The van der Waals surface area contributed by atoms with Crippen LogP contribution in [0, 0.1) is 0 Å². The van der Waals surface area contributed by atoms with Gasteiger partial charge in [0.1, 0.15) is 5.60 Å². The summed E-state index contributed by atoms with van der Waals surface area (Å²) >= 11 is 0. The van der Waals surface area contributed by atoms with Crippen molar-refractivity contribution >= 4 is 36.0 Å². The molecule has 0 aliphatic carbocycles. The first-order chi connectivity index (χ1) is 13.7. The molecule has 172 valence electrons. The molecule has 9 heteroatoms. The lowest BCUT2D eigenvalue weighted by Gasteiger charge is -2.26. The van der Waals surface area contributed by atoms with Crippen molar-refractivity contribution < 1.29 is 19.0 Å². The molecule has 0 aliphatic heterocycles. The zero-order chi connectivity index (χ0) is 21.9. The van der Waals surface area contributed by atoms with Crippen molar-refractivity contribution in [1.29, 1.82) is 0 Å². The van der Waals surface area contributed by atoms with Gasteiger partial charge in [-0.1, -0.05) is 6.07 Å². The molecule has 0 aliphatic rings. The molecule has 1 aromatic rings. The van der Waals surface area contributed by atoms with E-state index in [1.165, 1.54) is 0 Å². The fourth-order valence-electron chi connectivity index (χ4n) is 2.51. The summed E-state index contributed by atoms with van der Waals surface area (Å²) < 4.78 is 16.0. The van der Waals surface area contributed by atoms with Crippen LogP contribution in [0.5, 0.6) is 11.5 Å². The van der Waals surface area contributed by atoms with Crippen molar-refractivity contribution in [3.05, 3.63) is 23.8 Å². The van der Waals surface area contributed by atoms with Crippen molar-refractivity contribution in [2.45, 2.75) is 46.8 Å². The number of hydrogen-bond donors (Lipinski definition) is 2. The Hall–Kier alpha value is -1.91. The first-order valence-electron chi connectivity index (χ1n) is 9.95. The van der Waals surface area contributed by atoms with Crippen LogP contribution in [0.4, 0.5) is 4.79 Å². The normalized spacial score (nSPS) is 11.2. The number of nitrogens with zero attached hydrogens (tertiary/aromatic N) is 2. The summed E-state index contributed by atoms with van der Waals surface area (Å²) in [5, 5.41) is 6.47. The van der Waals surface area contributed by atoms with E-state index in [-0.39, 0.29) is 30.1 Å². The van der Waals surface area contributed by atoms with Crippen LogP contribution in [0.15, 0.2) is 23.2 Å². The first-order valence-corrected chi connectivity index (χ1v) is 9.95. The van der Waals surface area contributed by atoms with Crippen LogP contribution in [0.2, 0.25) is 0 Å². The van der Waals surface area contributed by atoms with Crippen LogP contribution in [0.1, 0.15) is 40.2 Å². The summed E-state index contributed by atoms with van der Waals surface area (Å²) in [4.78, 5) is 18.5. The molecule has 0 radical (unpaired) electrons. The largest absolute Gasteiger partial charge is 0.493 e. The van der Waals surface area contributed by atoms with Crippen LogP contribution < -0.4 is 20.1 Å². The van der Waals surface area contributed by atoms with E-state index in [9.17, 15) is 4.79 Å². The average Bonchev–Trinajstić information content (AvgIpc) is 2.67. The van der Waals surface area contributed by atoms with E-state index in [1.54, 1.807) is 19.1 Å². The monoisotopic (exact) mass is 536 g/mol. The number of guanidine groups is 1. The SMILES string of the molecule is CCNC(=NCc1ccc(OC)c(OC)c1)NCCN(CC)C(=O)OC(C)(C)C.I. The first kappa shape index (κ1) is 28.1. The van der Waals surface area contributed by atoms with Crippen LogP contribution in [-0.2, 0) is 11.3 Å². The molecule has 0 saturated carbocycles. The Morgan fingerprint density at radius 2 is 1.77 bits per heavy atom. The van der Waals surface area contributed by atoms with Gasteiger partial charge in [-0.25, -0.2) is 9.79 Å². The van der Waals surface area contributed by atoms with Crippen LogP contribution in [0.3, 0.4) is 0 Å². The van der Waals surface area contributed by atoms with Crippen molar-refractivity contribution in [2.75, 3.05) is 40.4 Å². The molecule has 0 unspecified atom stereocenters. The van der Waals surface area contributed by atoms with Crippen LogP contribution in [-0.4, -0.2) is 63.0 Å². The molecule has 0 spiro atoms. The fraction of sp³-hybridized carbons (Fsp3) is 0.619. The Morgan fingerprint density at radius 1 is 1.10 bits per heavy atom. The zero-order valence-electron chi connectivity index (χ0n) is 19.2. The molecule has 1 rings (SSSR count). The molecule has 0 atom stereocenters. The van der Waals surface area contributed by atoms with E-state index in [4.69, 9.17) is 14.2 Å². The maximum absolute atomic E-state index is 12.2. The van der Waals surface area contributed by atoms with Crippen molar-refractivity contribution in [2.24, 2.45) is 4.99 Å². The summed E-state index contributed by atoms with van der Waals surface area (Å²) in [6.07, 6.45) is -0.311. The summed E-state index contributed by atoms with van der Waals surface area (Å²) in [6, 6.07) is 5.73.